The summed E-state index contributed by atoms with van der Waals surface area (Å²) in [6, 6.07) is 0. The number of carbonyl (C=O) groups is 1. The van der Waals surface area contributed by atoms with Gasteiger partial charge < -0.3 is 0 Å². The van der Waals surface area contributed by atoms with Crippen molar-refractivity contribution < 1.29 is 4.79 Å². The third-order valence-corrected chi connectivity index (χ3v) is 2.04. The van der Waals surface area contributed by atoms with E-state index >= 15 is 0 Å². The van der Waals surface area contributed by atoms with Gasteiger partial charge in [-0.3, -0.25) is 10.1 Å². The number of nitrogens with one attached hydrogen (secondary N) is 1. The van der Waals surface area contributed by atoms with Crippen LogP contribution in [0.5, 0.6) is 0 Å². The Kier molecular flexibility index (Phi) is 2.99. The minimum Gasteiger partial charge on any atom is -0.299 e. The predicted octanol–water partition coefficient (Wildman–Crippen LogP) is 1.41. The zero-order valence-corrected chi connectivity index (χ0v) is 8.24. The van der Waals surface area contributed by atoms with Crippen molar-refractivity contribution in [2.24, 2.45) is 0 Å². The number of anilines is 1. The first-order chi connectivity index (χ1) is 5.59. The second kappa shape index (κ2) is 3.82. The molecule has 0 radical (unpaired) electrons. The quantitative estimate of drug-likeness (QED) is 0.743. The summed E-state index contributed by atoms with van der Waals surface area (Å²) in [6.07, 6.45) is 0. The van der Waals surface area contributed by atoms with E-state index in [4.69, 9.17) is 11.6 Å². The number of hydrogen-bond donors (Lipinski definition) is 1. The van der Waals surface area contributed by atoms with Crippen molar-refractivity contribution in [2.75, 3.05) is 5.32 Å². The van der Waals surface area contributed by atoms with Crippen LogP contribution < -0.4 is 5.32 Å². The largest absolute Gasteiger partial charge is 0.299 e. The van der Waals surface area contributed by atoms with Crippen LogP contribution in [0.4, 0.5) is 5.13 Å². The molecule has 0 aliphatic heterocycles. The second-order valence-electron chi connectivity index (χ2n) is 2.25. The van der Waals surface area contributed by atoms with E-state index in [-0.39, 0.29) is 5.91 Å². The average molecular weight is 206 g/mol. The van der Waals surface area contributed by atoms with Gasteiger partial charge in [0.05, 0.1) is 0 Å². The summed E-state index contributed by atoms with van der Waals surface area (Å²) in [5, 5.41) is 2.48. The fourth-order valence-corrected chi connectivity index (χ4v) is 1.19. The van der Waals surface area contributed by atoms with Gasteiger partial charge in [-0.25, -0.2) is 4.98 Å². The highest BCUT2D eigenvalue weighted by atomic mass is 35.5. The molecule has 0 aliphatic rings. The lowest BCUT2D eigenvalue weighted by atomic mass is 10.4. The maximum atomic E-state index is 11.0. The maximum absolute atomic E-state index is 11.0. The highest BCUT2D eigenvalue weighted by Crippen LogP contribution is 2.10. The summed E-state index contributed by atoms with van der Waals surface area (Å²) in [5.74, 6) is 0.394. The molecule has 0 fully saturated rings. The molecule has 0 saturated heterocycles. The zero-order chi connectivity index (χ0) is 9.14. The van der Waals surface area contributed by atoms with Crippen molar-refractivity contribution in [3.63, 3.8) is 0 Å². The lowest BCUT2D eigenvalue weighted by Gasteiger charge is -2.00. The molecular formula is C6H8ClN3OS. The van der Waals surface area contributed by atoms with Gasteiger partial charge >= 0.3 is 0 Å². The van der Waals surface area contributed by atoms with Crippen molar-refractivity contribution in [1.29, 1.82) is 0 Å². The standard InChI is InChI=1S/C6H8ClN3OS/c1-3(7)5(11)9-6-8-4(2)10-12-6/h3H,1-2H3,(H,8,9,10,11). The molecule has 4 nitrogen and oxygen atoms in total. The number of nitrogens with zero attached hydrogens (tertiary/aromatic N) is 2. The summed E-state index contributed by atoms with van der Waals surface area (Å²) < 4.78 is 3.90. The van der Waals surface area contributed by atoms with Gasteiger partial charge in [-0.1, -0.05) is 0 Å². The molecular weight excluding hydrogens is 198 g/mol. The molecule has 1 unspecified atom stereocenters. The Labute approximate surface area is 79.1 Å². The van der Waals surface area contributed by atoms with Crippen LogP contribution in [0.15, 0.2) is 0 Å². The molecule has 1 amide bonds. The van der Waals surface area contributed by atoms with E-state index < -0.39 is 5.38 Å². The van der Waals surface area contributed by atoms with Crippen LogP contribution in [-0.2, 0) is 4.79 Å². The molecule has 0 spiro atoms. The maximum Gasteiger partial charge on any atom is 0.243 e. The monoisotopic (exact) mass is 205 g/mol. The first-order valence-electron chi connectivity index (χ1n) is 3.35. The fraction of sp³-hybridized carbons (Fsp3) is 0.500. The molecule has 0 saturated carbocycles. The summed E-state index contributed by atoms with van der Waals surface area (Å²) >= 11 is 6.67. The number of amides is 1. The topological polar surface area (TPSA) is 54.9 Å². The van der Waals surface area contributed by atoms with Crippen molar-refractivity contribution in [1.82, 2.24) is 9.36 Å². The van der Waals surface area contributed by atoms with Gasteiger partial charge in [0.15, 0.2) is 0 Å². The Bertz CT molecular complexity index is 286. The first kappa shape index (κ1) is 9.41. The number of aromatic nitrogens is 2. The zero-order valence-electron chi connectivity index (χ0n) is 6.67. The normalized spacial score (nSPS) is 12.6. The number of alkyl halides is 1. The molecule has 1 rings (SSSR count). The van der Waals surface area contributed by atoms with Crippen LogP contribution in [0.2, 0.25) is 0 Å². The highest BCUT2D eigenvalue weighted by molar-refractivity contribution is 7.09. The van der Waals surface area contributed by atoms with E-state index in [1.807, 2.05) is 0 Å². The summed E-state index contributed by atoms with van der Waals surface area (Å²) in [5.41, 5.74) is 0. The van der Waals surface area contributed by atoms with Crippen molar-refractivity contribution in [2.45, 2.75) is 19.2 Å². The Morgan fingerprint density at radius 3 is 2.83 bits per heavy atom. The van der Waals surface area contributed by atoms with E-state index in [9.17, 15) is 4.79 Å². The second-order valence-corrected chi connectivity index (χ2v) is 3.66. The van der Waals surface area contributed by atoms with Gasteiger partial charge in [-0.2, -0.15) is 4.37 Å². The number of aryl methyl sites for hydroxylation is 1. The van der Waals surface area contributed by atoms with Gasteiger partial charge in [0.1, 0.15) is 11.2 Å². The third-order valence-electron chi connectivity index (χ3n) is 1.12. The van der Waals surface area contributed by atoms with Crippen molar-refractivity contribution >= 4 is 34.2 Å². The fourth-order valence-electron chi connectivity index (χ4n) is 0.553. The number of hydrogen-bond acceptors (Lipinski definition) is 4. The molecule has 1 aromatic rings. The molecule has 1 N–H and O–H groups in total. The van der Waals surface area contributed by atoms with Crippen LogP contribution in [0.3, 0.4) is 0 Å². The molecule has 66 valence electrons. The highest BCUT2D eigenvalue weighted by Gasteiger charge is 2.10. The van der Waals surface area contributed by atoms with E-state index in [1.165, 1.54) is 0 Å². The predicted molar refractivity (Wildman–Crippen MR) is 48.6 cm³/mol. The van der Waals surface area contributed by atoms with Crippen molar-refractivity contribution in [3.05, 3.63) is 5.82 Å². The van der Waals surface area contributed by atoms with Gasteiger partial charge in [-0.15, -0.1) is 11.6 Å². The molecule has 12 heavy (non-hydrogen) atoms. The van der Waals surface area contributed by atoms with E-state index in [0.29, 0.717) is 11.0 Å². The molecule has 1 aromatic heterocycles. The number of rotatable bonds is 2. The molecule has 6 heteroatoms. The number of carbonyl (C=O) groups excluding carboxylic acids is 1. The average Bonchev–Trinajstić information content (AvgIpc) is 2.35. The van der Waals surface area contributed by atoms with Crippen LogP contribution in [0.1, 0.15) is 12.7 Å². The number of halogens is 1. The lowest BCUT2D eigenvalue weighted by Crippen LogP contribution is -2.20. The van der Waals surface area contributed by atoms with E-state index in [1.54, 1.807) is 13.8 Å². The first-order valence-corrected chi connectivity index (χ1v) is 4.56. The third kappa shape index (κ3) is 2.42. The molecule has 0 aliphatic carbocycles. The Hall–Kier alpha value is -0.680. The molecule has 0 aromatic carbocycles. The van der Waals surface area contributed by atoms with Gasteiger partial charge in [-0.05, 0) is 13.8 Å². The van der Waals surface area contributed by atoms with Crippen LogP contribution in [0, 0.1) is 6.92 Å². The smallest absolute Gasteiger partial charge is 0.243 e. The SMILES string of the molecule is Cc1nsc(NC(=O)C(C)Cl)n1. The summed E-state index contributed by atoms with van der Waals surface area (Å²) in [6.45, 7) is 3.36. The summed E-state index contributed by atoms with van der Waals surface area (Å²) in [4.78, 5) is 15.0. The molecule has 1 heterocycles. The van der Waals surface area contributed by atoms with Crippen LogP contribution >= 0.6 is 23.1 Å². The Morgan fingerprint density at radius 1 is 1.75 bits per heavy atom. The van der Waals surface area contributed by atoms with Gasteiger partial charge in [0.25, 0.3) is 0 Å². The van der Waals surface area contributed by atoms with E-state index in [2.05, 4.69) is 14.7 Å². The minimum atomic E-state index is -0.547. The Morgan fingerprint density at radius 2 is 2.42 bits per heavy atom. The van der Waals surface area contributed by atoms with Gasteiger partial charge in [0.2, 0.25) is 11.0 Å². The van der Waals surface area contributed by atoms with Gasteiger partial charge in [0, 0.05) is 11.5 Å². The Balaban J connectivity index is 2.58. The van der Waals surface area contributed by atoms with E-state index in [0.717, 1.165) is 11.5 Å². The summed E-state index contributed by atoms with van der Waals surface area (Å²) in [7, 11) is 0. The van der Waals surface area contributed by atoms with Crippen LogP contribution in [0.25, 0.3) is 0 Å². The minimum absolute atomic E-state index is 0.257. The lowest BCUT2D eigenvalue weighted by molar-refractivity contribution is -0.115. The van der Waals surface area contributed by atoms with Crippen molar-refractivity contribution in [3.8, 4) is 0 Å². The molecule has 0 bridgehead atoms. The van der Waals surface area contributed by atoms with Crippen LogP contribution in [-0.4, -0.2) is 20.6 Å². The molecule has 1 atom stereocenters.